The molecule has 4 nitrogen and oxygen atoms in total. The lowest BCUT2D eigenvalue weighted by atomic mass is 9.82. The Labute approximate surface area is 126 Å². The fourth-order valence-electron chi connectivity index (χ4n) is 2.34. The summed E-state index contributed by atoms with van der Waals surface area (Å²) < 4.78 is 11.2. The van der Waals surface area contributed by atoms with Crippen molar-refractivity contribution in [1.29, 1.82) is 0 Å². The van der Waals surface area contributed by atoms with Gasteiger partial charge in [0.15, 0.2) is 0 Å². The highest BCUT2D eigenvalue weighted by Gasteiger charge is 2.32. The first-order chi connectivity index (χ1) is 10.1. The summed E-state index contributed by atoms with van der Waals surface area (Å²) in [7, 11) is 0. The molecule has 1 N–H and O–H groups in total. The monoisotopic (exact) mass is 291 g/mol. The first kappa shape index (κ1) is 16.0. The molecule has 0 aliphatic carbocycles. The molecule has 0 unspecified atom stereocenters. The second-order valence-corrected chi connectivity index (χ2v) is 5.89. The van der Waals surface area contributed by atoms with Gasteiger partial charge in [-0.1, -0.05) is 13.8 Å². The second kappa shape index (κ2) is 7.05. The quantitative estimate of drug-likeness (QED) is 0.748. The van der Waals surface area contributed by atoms with Gasteiger partial charge < -0.3 is 14.6 Å². The minimum absolute atomic E-state index is 0.0118. The Kier molecular flexibility index (Phi) is 5.37. The molecule has 0 amide bonds. The van der Waals surface area contributed by atoms with Crippen LogP contribution in [0.15, 0.2) is 23.2 Å². The van der Waals surface area contributed by atoms with Gasteiger partial charge in [-0.2, -0.15) is 0 Å². The molecule has 0 bridgehead atoms. The number of hydrogen-bond donors (Lipinski definition) is 1. The van der Waals surface area contributed by atoms with E-state index in [1.807, 2.05) is 12.1 Å². The van der Waals surface area contributed by atoms with Gasteiger partial charge in [-0.05, 0) is 37.1 Å². The second-order valence-electron chi connectivity index (χ2n) is 5.89. The highest BCUT2D eigenvalue weighted by molar-refractivity contribution is 5.99. The molecule has 1 aromatic carbocycles. The number of fused-ring (bicyclic) bond motifs is 1. The number of hydrogen-bond acceptors (Lipinski definition) is 4. The average molecular weight is 291 g/mol. The summed E-state index contributed by atoms with van der Waals surface area (Å²) in [6.07, 6.45) is 1.54. The zero-order valence-corrected chi connectivity index (χ0v) is 13.2. The van der Waals surface area contributed by atoms with Crippen LogP contribution in [0, 0.1) is 0 Å². The Bertz CT molecular complexity index is 509. The minimum Gasteiger partial charge on any atom is -0.493 e. The third kappa shape index (κ3) is 3.83. The first-order valence-corrected chi connectivity index (χ1v) is 7.57. The third-order valence-corrected chi connectivity index (χ3v) is 3.98. The Morgan fingerprint density at radius 2 is 1.90 bits per heavy atom. The summed E-state index contributed by atoms with van der Waals surface area (Å²) >= 11 is 0. The molecule has 0 saturated carbocycles. The van der Waals surface area contributed by atoms with Crippen LogP contribution in [0.3, 0.4) is 0 Å². The molecule has 1 heterocycles. The van der Waals surface area contributed by atoms with Crippen LogP contribution >= 0.6 is 0 Å². The Balaban J connectivity index is 1.81. The van der Waals surface area contributed by atoms with E-state index in [0.717, 1.165) is 23.6 Å². The van der Waals surface area contributed by atoms with E-state index in [1.165, 1.54) is 5.56 Å². The Hall–Kier alpha value is -1.39. The zero-order chi connectivity index (χ0) is 15.3. The van der Waals surface area contributed by atoms with E-state index in [9.17, 15) is 0 Å². The highest BCUT2D eigenvalue weighted by Crippen LogP contribution is 2.41. The molecule has 0 radical (unpaired) electrons. The number of ether oxygens (including phenoxy) is 2. The lowest BCUT2D eigenvalue weighted by molar-refractivity contribution is 0.104. The standard InChI is InChI=1S/C17H25NO3/c1-13-17(2,3)15-12-14(6-7-16(15)18-13)21-11-5-10-20-9-4-8-19/h6-7,12,19H,4-5,8-11H2,1-3H3. The van der Waals surface area contributed by atoms with Crippen molar-refractivity contribution in [2.24, 2.45) is 4.99 Å². The van der Waals surface area contributed by atoms with E-state index >= 15 is 0 Å². The molecule has 2 rings (SSSR count). The van der Waals surface area contributed by atoms with Crippen molar-refractivity contribution in [3.8, 4) is 5.75 Å². The van der Waals surface area contributed by atoms with Gasteiger partial charge in [0.2, 0.25) is 0 Å². The molecule has 116 valence electrons. The number of aliphatic hydroxyl groups excluding tert-OH is 1. The summed E-state index contributed by atoms with van der Waals surface area (Å²) in [5.74, 6) is 0.891. The van der Waals surface area contributed by atoms with Crippen LogP contribution in [0.2, 0.25) is 0 Å². The van der Waals surface area contributed by atoms with Crippen LogP contribution in [0.25, 0.3) is 0 Å². The summed E-state index contributed by atoms with van der Waals surface area (Å²) in [6, 6.07) is 6.10. The van der Waals surface area contributed by atoms with Gasteiger partial charge in [0.25, 0.3) is 0 Å². The van der Waals surface area contributed by atoms with Crippen molar-refractivity contribution in [1.82, 2.24) is 0 Å². The van der Waals surface area contributed by atoms with Crippen LogP contribution in [0.1, 0.15) is 39.2 Å². The van der Waals surface area contributed by atoms with Crippen LogP contribution in [-0.2, 0) is 10.2 Å². The van der Waals surface area contributed by atoms with Crippen molar-refractivity contribution in [2.75, 3.05) is 26.4 Å². The fourth-order valence-corrected chi connectivity index (χ4v) is 2.34. The van der Waals surface area contributed by atoms with E-state index in [4.69, 9.17) is 14.6 Å². The largest absolute Gasteiger partial charge is 0.493 e. The van der Waals surface area contributed by atoms with E-state index < -0.39 is 0 Å². The van der Waals surface area contributed by atoms with Crippen LogP contribution in [0.4, 0.5) is 5.69 Å². The van der Waals surface area contributed by atoms with Crippen molar-refractivity contribution in [3.63, 3.8) is 0 Å². The molecular formula is C17H25NO3. The molecule has 4 heteroatoms. The summed E-state index contributed by atoms with van der Waals surface area (Å²) in [6.45, 7) is 8.55. The van der Waals surface area contributed by atoms with E-state index in [1.54, 1.807) is 0 Å². The van der Waals surface area contributed by atoms with Crippen molar-refractivity contribution in [2.45, 2.75) is 39.0 Å². The number of rotatable bonds is 8. The van der Waals surface area contributed by atoms with Gasteiger partial charge in [-0.15, -0.1) is 0 Å². The van der Waals surface area contributed by atoms with Gasteiger partial charge >= 0.3 is 0 Å². The number of aliphatic imine (C=N–C) groups is 1. The smallest absolute Gasteiger partial charge is 0.119 e. The molecule has 1 aromatic rings. The summed E-state index contributed by atoms with van der Waals surface area (Å²) in [5, 5.41) is 8.64. The van der Waals surface area contributed by atoms with Crippen molar-refractivity contribution >= 4 is 11.4 Å². The maximum atomic E-state index is 8.64. The van der Waals surface area contributed by atoms with Gasteiger partial charge in [-0.3, -0.25) is 4.99 Å². The Morgan fingerprint density at radius 1 is 1.14 bits per heavy atom. The molecular weight excluding hydrogens is 266 g/mol. The lowest BCUT2D eigenvalue weighted by Gasteiger charge is -2.20. The summed E-state index contributed by atoms with van der Waals surface area (Å²) in [5.41, 5.74) is 3.42. The summed E-state index contributed by atoms with van der Waals surface area (Å²) in [4.78, 5) is 4.60. The van der Waals surface area contributed by atoms with Gasteiger partial charge in [0.1, 0.15) is 5.75 Å². The molecule has 0 fully saturated rings. The highest BCUT2D eigenvalue weighted by atomic mass is 16.5. The lowest BCUT2D eigenvalue weighted by Crippen LogP contribution is -2.22. The van der Waals surface area contributed by atoms with E-state index in [-0.39, 0.29) is 12.0 Å². The third-order valence-electron chi connectivity index (χ3n) is 3.98. The average Bonchev–Trinajstić information content (AvgIpc) is 2.68. The van der Waals surface area contributed by atoms with Gasteiger partial charge in [0, 0.05) is 37.4 Å². The zero-order valence-electron chi connectivity index (χ0n) is 13.2. The van der Waals surface area contributed by atoms with Crippen molar-refractivity contribution in [3.05, 3.63) is 23.8 Å². The number of benzene rings is 1. The first-order valence-electron chi connectivity index (χ1n) is 7.57. The maximum absolute atomic E-state index is 8.64. The van der Waals surface area contributed by atoms with E-state index in [0.29, 0.717) is 26.2 Å². The van der Waals surface area contributed by atoms with Crippen LogP contribution in [0.5, 0.6) is 5.75 Å². The maximum Gasteiger partial charge on any atom is 0.119 e. The van der Waals surface area contributed by atoms with Gasteiger partial charge in [-0.25, -0.2) is 0 Å². The molecule has 1 aliphatic heterocycles. The topological polar surface area (TPSA) is 51.0 Å². The minimum atomic E-state index is -0.0118. The normalized spacial score (nSPS) is 15.7. The predicted octanol–water partition coefficient (Wildman–Crippen LogP) is 3.24. The predicted molar refractivity (Wildman–Crippen MR) is 84.9 cm³/mol. The molecule has 0 atom stereocenters. The molecule has 21 heavy (non-hydrogen) atoms. The number of nitrogens with zero attached hydrogens (tertiary/aromatic N) is 1. The van der Waals surface area contributed by atoms with Crippen molar-refractivity contribution < 1.29 is 14.6 Å². The number of aliphatic hydroxyl groups is 1. The fraction of sp³-hybridized carbons (Fsp3) is 0.588. The van der Waals surface area contributed by atoms with E-state index in [2.05, 4.69) is 31.8 Å². The van der Waals surface area contributed by atoms with Crippen LogP contribution < -0.4 is 4.74 Å². The SMILES string of the molecule is CC1=Nc2ccc(OCCCOCCCO)cc2C1(C)C. The molecule has 0 aromatic heterocycles. The molecule has 0 saturated heterocycles. The Morgan fingerprint density at radius 3 is 2.67 bits per heavy atom. The molecule has 0 spiro atoms. The van der Waals surface area contributed by atoms with Gasteiger partial charge in [0.05, 0.1) is 12.3 Å². The van der Waals surface area contributed by atoms with Crippen LogP contribution in [-0.4, -0.2) is 37.2 Å². The molecule has 1 aliphatic rings.